The van der Waals surface area contributed by atoms with Gasteiger partial charge in [-0.3, -0.25) is 4.79 Å². The molecule has 0 radical (unpaired) electrons. The summed E-state index contributed by atoms with van der Waals surface area (Å²) in [6.45, 7) is 4.29. The Morgan fingerprint density at radius 2 is 2.00 bits per heavy atom. The molecule has 0 unspecified atom stereocenters. The molecule has 0 aliphatic rings. The van der Waals surface area contributed by atoms with E-state index in [2.05, 4.69) is 20.9 Å². The van der Waals surface area contributed by atoms with Crippen molar-refractivity contribution in [3.8, 4) is 11.3 Å². The fourth-order valence-corrected chi connectivity index (χ4v) is 1.96. The molecule has 0 fully saturated rings. The molecule has 0 aliphatic carbocycles. The van der Waals surface area contributed by atoms with Crippen molar-refractivity contribution in [2.45, 2.75) is 20.4 Å². The molecule has 0 saturated carbocycles. The van der Waals surface area contributed by atoms with Crippen LogP contribution in [0.2, 0.25) is 0 Å². The molecule has 0 spiro atoms. The normalized spacial score (nSPS) is 10.5. The van der Waals surface area contributed by atoms with Crippen LogP contribution in [0.1, 0.15) is 24.5 Å². The van der Waals surface area contributed by atoms with Crippen molar-refractivity contribution in [3.05, 3.63) is 40.8 Å². The van der Waals surface area contributed by atoms with Gasteiger partial charge in [-0.1, -0.05) is 28.1 Å². The van der Waals surface area contributed by atoms with Crippen LogP contribution in [-0.2, 0) is 6.54 Å². The lowest BCUT2D eigenvalue weighted by atomic mass is 10.2. The van der Waals surface area contributed by atoms with Gasteiger partial charge in [-0.2, -0.15) is 0 Å². The van der Waals surface area contributed by atoms with E-state index in [9.17, 15) is 4.79 Å². The summed E-state index contributed by atoms with van der Waals surface area (Å²) in [5.74, 6) is 0.514. The van der Waals surface area contributed by atoms with E-state index in [1.807, 2.05) is 42.0 Å². The number of halogens is 1. The van der Waals surface area contributed by atoms with Crippen molar-refractivity contribution >= 4 is 21.7 Å². The number of carbonyl (C=O) groups is 1. The van der Waals surface area contributed by atoms with Crippen LogP contribution in [0.15, 0.2) is 34.9 Å². The minimum absolute atomic E-state index is 0.00443. The fourth-order valence-electron chi connectivity index (χ4n) is 1.70. The van der Waals surface area contributed by atoms with Crippen LogP contribution in [0.4, 0.5) is 0 Å². The molecule has 0 bridgehead atoms. The van der Waals surface area contributed by atoms with Crippen LogP contribution in [0.25, 0.3) is 11.3 Å². The van der Waals surface area contributed by atoms with E-state index in [-0.39, 0.29) is 5.78 Å². The number of nitrogens with zero attached hydrogens (tertiary/aromatic N) is 2. The topological polar surface area (TPSA) is 34.9 Å². The highest BCUT2D eigenvalue weighted by molar-refractivity contribution is 9.10. The summed E-state index contributed by atoms with van der Waals surface area (Å²) in [4.78, 5) is 15.8. The van der Waals surface area contributed by atoms with Gasteiger partial charge in [0.05, 0.1) is 5.69 Å². The van der Waals surface area contributed by atoms with Gasteiger partial charge in [-0.25, -0.2) is 4.98 Å². The number of Topliss-reactive ketones (excluding diaryl/α,β-unsaturated/α-hetero) is 1. The van der Waals surface area contributed by atoms with Crippen LogP contribution in [-0.4, -0.2) is 15.3 Å². The van der Waals surface area contributed by atoms with Gasteiger partial charge in [0.2, 0.25) is 0 Å². The van der Waals surface area contributed by atoms with E-state index in [0.29, 0.717) is 5.82 Å². The molecule has 0 atom stereocenters. The maximum Gasteiger partial charge on any atom is 0.195 e. The van der Waals surface area contributed by atoms with Crippen LogP contribution in [0.3, 0.4) is 0 Å². The second-order valence-corrected chi connectivity index (χ2v) is 4.71. The number of aromatic nitrogens is 2. The van der Waals surface area contributed by atoms with Crippen molar-refractivity contribution in [1.29, 1.82) is 0 Å². The first-order chi connectivity index (χ1) is 8.11. The quantitative estimate of drug-likeness (QED) is 0.811. The van der Waals surface area contributed by atoms with Crippen molar-refractivity contribution in [3.63, 3.8) is 0 Å². The molecule has 2 rings (SSSR count). The zero-order valence-electron chi connectivity index (χ0n) is 9.77. The lowest BCUT2D eigenvalue weighted by Crippen LogP contribution is -2.05. The van der Waals surface area contributed by atoms with Crippen molar-refractivity contribution in [2.24, 2.45) is 0 Å². The van der Waals surface area contributed by atoms with Gasteiger partial charge in [0, 0.05) is 29.7 Å². The summed E-state index contributed by atoms with van der Waals surface area (Å²) in [6, 6.07) is 7.90. The van der Waals surface area contributed by atoms with Gasteiger partial charge in [0.1, 0.15) is 0 Å². The third-order valence-corrected chi connectivity index (χ3v) is 3.10. The fraction of sp³-hybridized carbons (Fsp3) is 0.231. The highest BCUT2D eigenvalue weighted by atomic mass is 79.9. The molecule has 2 aromatic rings. The smallest absolute Gasteiger partial charge is 0.195 e. The average Bonchev–Trinajstić information content (AvgIpc) is 2.74. The Bertz CT molecular complexity index is 543. The van der Waals surface area contributed by atoms with Gasteiger partial charge in [0.25, 0.3) is 0 Å². The third-order valence-electron chi connectivity index (χ3n) is 2.57. The third kappa shape index (κ3) is 2.47. The molecule has 1 aromatic carbocycles. The Hall–Kier alpha value is -1.42. The van der Waals surface area contributed by atoms with E-state index >= 15 is 0 Å². The van der Waals surface area contributed by atoms with Crippen LogP contribution in [0.5, 0.6) is 0 Å². The Morgan fingerprint density at radius 3 is 2.47 bits per heavy atom. The molecule has 0 aliphatic heterocycles. The molecule has 0 saturated heterocycles. The van der Waals surface area contributed by atoms with Crippen molar-refractivity contribution in [1.82, 2.24) is 9.55 Å². The lowest BCUT2D eigenvalue weighted by molar-refractivity contribution is 0.0999. The Labute approximate surface area is 109 Å². The maximum atomic E-state index is 11.4. The molecule has 3 nitrogen and oxygen atoms in total. The number of carbonyl (C=O) groups excluding carboxylic acids is 1. The minimum atomic E-state index is -0.00443. The molecule has 17 heavy (non-hydrogen) atoms. The second-order valence-electron chi connectivity index (χ2n) is 3.80. The van der Waals surface area contributed by atoms with Gasteiger partial charge >= 0.3 is 0 Å². The summed E-state index contributed by atoms with van der Waals surface area (Å²) in [7, 11) is 0. The highest BCUT2D eigenvalue weighted by Gasteiger charge is 2.11. The Balaban J connectivity index is 2.46. The van der Waals surface area contributed by atoms with Gasteiger partial charge in [-0.15, -0.1) is 0 Å². The first kappa shape index (κ1) is 12.0. The number of hydrogen-bond acceptors (Lipinski definition) is 2. The molecular weight excluding hydrogens is 280 g/mol. The summed E-state index contributed by atoms with van der Waals surface area (Å²) in [6.07, 6.45) is 1.92. The van der Waals surface area contributed by atoms with Crippen molar-refractivity contribution in [2.75, 3.05) is 0 Å². The molecule has 4 heteroatoms. The van der Waals surface area contributed by atoms with E-state index in [1.54, 1.807) is 6.92 Å². The number of hydrogen-bond donors (Lipinski definition) is 0. The predicted octanol–water partition coefficient (Wildman–Crippen LogP) is 3.54. The Morgan fingerprint density at radius 1 is 1.35 bits per heavy atom. The number of imidazole rings is 1. The summed E-state index contributed by atoms with van der Waals surface area (Å²) in [5, 5.41) is 0. The monoisotopic (exact) mass is 292 g/mol. The van der Waals surface area contributed by atoms with Crippen molar-refractivity contribution < 1.29 is 4.79 Å². The SMILES string of the molecule is CCn1cc(-c2ccc(Br)cc2)nc1C(C)=O. The average molecular weight is 293 g/mol. The molecule has 0 amide bonds. The van der Waals surface area contributed by atoms with Gasteiger partial charge in [0.15, 0.2) is 11.6 Å². The highest BCUT2D eigenvalue weighted by Crippen LogP contribution is 2.21. The summed E-state index contributed by atoms with van der Waals surface area (Å²) in [5.41, 5.74) is 1.85. The zero-order valence-corrected chi connectivity index (χ0v) is 11.4. The minimum Gasteiger partial charge on any atom is -0.328 e. The van der Waals surface area contributed by atoms with E-state index < -0.39 is 0 Å². The first-order valence-corrected chi connectivity index (χ1v) is 6.25. The Kier molecular flexibility index (Phi) is 3.43. The first-order valence-electron chi connectivity index (χ1n) is 5.46. The van der Waals surface area contributed by atoms with E-state index in [4.69, 9.17) is 0 Å². The number of ketones is 1. The van der Waals surface area contributed by atoms with E-state index in [0.717, 1.165) is 22.3 Å². The molecule has 1 heterocycles. The summed E-state index contributed by atoms with van der Waals surface area (Å²) < 4.78 is 2.91. The summed E-state index contributed by atoms with van der Waals surface area (Å²) >= 11 is 3.39. The van der Waals surface area contributed by atoms with Crippen LogP contribution >= 0.6 is 15.9 Å². The maximum absolute atomic E-state index is 11.4. The second kappa shape index (κ2) is 4.84. The number of rotatable bonds is 3. The standard InChI is InChI=1S/C13H13BrN2O/c1-3-16-8-12(15-13(16)9(2)17)10-4-6-11(14)7-5-10/h4-8H,3H2,1-2H3. The van der Waals surface area contributed by atoms with Crippen LogP contribution < -0.4 is 0 Å². The van der Waals surface area contributed by atoms with E-state index in [1.165, 1.54) is 0 Å². The largest absolute Gasteiger partial charge is 0.328 e. The van der Waals surface area contributed by atoms with Crippen LogP contribution in [0, 0.1) is 0 Å². The molecular formula is C13H13BrN2O. The zero-order chi connectivity index (χ0) is 12.4. The molecule has 88 valence electrons. The molecule has 0 N–H and O–H groups in total. The van der Waals surface area contributed by atoms with Gasteiger partial charge in [-0.05, 0) is 19.1 Å². The van der Waals surface area contributed by atoms with Gasteiger partial charge < -0.3 is 4.57 Å². The molecule has 1 aromatic heterocycles. The lowest BCUT2D eigenvalue weighted by Gasteiger charge is -1.98. The number of benzene rings is 1. The number of aryl methyl sites for hydroxylation is 1. The predicted molar refractivity (Wildman–Crippen MR) is 71.0 cm³/mol.